The number of sulfonamides is 1. The lowest BCUT2D eigenvalue weighted by Crippen LogP contribution is -2.50. The minimum absolute atomic E-state index is 0.0953. The van der Waals surface area contributed by atoms with Crippen LogP contribution in [0, 0.1) is 11.7 Å². The van der Waals surface area contributed by atoms with Gasteiger partial charge in [0.25, 0.3) is 0 Å². The van der Waals surface area contributed by atoms with E-state index in [4.69, 9.17) is 11.6 Å². The molecule has 1 atom stereocenters. The van der Waals surface area contributed by atoms with Gasteiger partial charge in [0, 0.05) is 18.1 Å². The molecule has 0 saturated carbocycles. The van der Waals surface area contributed by atoms with Crippen molar-refractivity contribution >= 4 is 27.5 Å². The minimum atomic E-state index is -3.32. The van der Waals surface area contributed by atoms with Gasteiger partial charge in [0.15, 0.2) is 0 Å². The van der Waals surface area contributed by atoms with Crippen LogP contribution in [-0.2, 0) is 20.4 Å². The normalized spacial score (nSPS) is 19.3. The van der Waals surface area contributed by atoms with Gasteiger partial charge in [0.1, 0.15) is 5.82 Å². The molecule has 1 aliphatic rings. The van der Waals surface area contributed by atoms with Crippen LogP contribution in [0.3, 0.4) is 0 Å². The predicted octanol–water partition coefficient (Wildman–Crippen LogP) is 3.28. The van der Waals surface area contributed by atoms with Crippen LogP contribution in [0.4, 0.5) is 4.39 Å². The largest absolute Gasteiger partial charge is 0.347 e. The van der Waals surface area contributed by atoms with E-state index >= 15 is 0 Å². The number of nitrogens with one attached hydrogen (secondary N) is 1. The molecule has 0 aromatic heterocycles. The van der Waals surface area contributed by atoms with Crippen molar-refractivity contribution in [3.05, 3.63) is 34.6 Å². The Bertz CT molecular complexity index is 768. The molecule has 0 radical (unpaired) electrons. The van der Waals surface area contributed by atoms with Crippen molar-refractivity contribution in [3.8, 4) is 0 Å². The third kappa shape index (κ3) is 4.96. The minimum Gasteiger partial charge on any atom is -0.347 e. The van der Waals surface area contributed by atoms with E-state index in [1.54, 1.807) is 19.9 Å². The Morgan fingerprint density at radius 3 is 2.73 bits per heavy atom. The van der Waals surface area contributed by atoms with Gasteiger partial charge in [-0.1, -0.05) is 24.6 Å². The van der Waals surface area contributed by atoms with Crippen LogP contribution in [0.15, 0.2) is 18.2 Å². The molecular weight excluding hydrogens is 379 g/mol. The summed E-state index contributed by atoms with van der Waals surface area (Å²) < 4.78 is 39.2. The van der Waals surface area contributed by atoms with Crippen LogP contribution >= 0.6 is 11.6 Å². The summed E-state index contributed by atoms with van der Waals surface area (Å²) in [6.45, 7) is 6.05. The van der Waals surface area contributed by atoms with Gasteiger partial charge in [-0.05, 0) is 50.8 Å². The van der Waals surface area contributed by atoms with Crippen molar-refractivity contribution in [1.82, 2.24) is 9.62 Å². The number of benzene rings is 1. The van der Waals surface area contributed by atoms with Crippen molar-refractivity contribution in [1.29, 1.82) is 0 Å². The van der Waals surface area contributed by atoms with E-state index < -0.39 is 27.3 Å². The second kappa shape index (κ2) is 8.23. The summed E-state index contributed by atoms with van der Waals surface area (Å²) in [5.41, 5.74) is -0.188. The molecule has 0 bridgehead atoms. The number of amides is 1. The molecule has 1 heterocycles. The van der Waals surface area contributed by atoms with Crippen LogP contribution in [0.25, 0.3) is 0 Å². The first-order valence-corrected chi connectivity index (χ1v) is 10.8. The van der Waals surface area contributed by atoms with Crippen molar-refractivity contribution in [2.75, 3.05) is 18.8 Å². The second-order valence-electron chi connectivity index (χ2n) is 7.25. The van der Waals surface area contributed by atoms with Crippen LogP contribution in [-0.4, -0.2) is 37.5 Å². The lowest BCUT2D eigenvalue weighted by atomic mass is 9.91. The number of hydrogen-bond donors (Lipinski definition) is 1. The van der Waals surface area contributed by atoms with Crippen LogP contribution < -0.4 is 5.32 Å². The Labute approximate surface area is 160 Å². The van der Waals surface area contributed by atoms with Gasteiger partial charge >= 0.3 is 0 Å². The molecular formula is C18H26ClFN2O3S. The topological polar surface area (TPSA) is 66.5 Å². The lowest BCUT2D eigenvalue weighted by molar-refractivity contribution is -0.127. The summed E-state index contributed by atoms with van der Waals surface area (Å²) >= 11 is 6.12. The van der Waals surface area contributed by atoms with Crippen molar-refractivity contribution in [2.45, 2.75) is 45.6 Å². The Morgan fingerprint density at radius 1 is 1.42 bits per heavy atom. The van der Waals surface area contributed by atoms with Gasteiger partial charge in [-0.2, -0.15) is 0 Å². The predicted molar refractivity (Wildman–Crippen MR) is 101 cm³/mol. The van der Waals surface area contributed by atoms with E-state index in [-0.39, 0.29) is 23.2 Å². The van der Waals surface area contributed by atoms with Gasteiger partial charge in [-0.3, -0.25) is 4.79 Å². The first kappa shape index (κ1) is 21.1. The summed E-state index contributed by atoms with van der Waals surface area (Å²) in [4.78, 5) is 12.7. The Morgan fingerprint density at radius 2 is 2.12 bits per heavy atom. The summed E-state index contributed by atoms with van der Waals surface area (Å²) in [6, 6.07) is 4.07. The van der Waals surface area contributed by atoms with Crippen molar-refractivity contribution in [2.24, 2.45) is 5.92 Å². The maximum absolute atomic E-state index is 13.3. The number of carbonyl (C=O) groups excluding carboxylic acids is 1. The zero-order valence-electron chi connectivity index (χ0n) is 15.4. The summed E-state index contributed by atoms with van der Waals surface area (Å²) in [7, 11) is -3.32. The SMILES string of the molecule is CCCS(=O)(=O)N1CCCC(C(=O)NC(C)(C)c2ccc(F)cc2Cl)C1. The van der Waals surface area contributed by atoms with Gasteiger partial charge in [-0.25, -0.2) is 17.1 Å². The van der Waals surface area contributed by atoms with Gasteiger partial charge in [-0.15, -0.1) is 0 Å². The number of nitrogens with zero attached hydrogens (tertiary/aromatic N) is 1. The van der Waals surface area contributed by atoms with Crippen LogP contribution in [0.1, 0.15) is 45.6 Å². The molecule has 2 rings (SSSR count). The highest BCUT2D eigenvalue weighted by molar-refractivity contribution is 7.89. The molecule has 1 unspecified atom stereocenters. The highest BCUT2D eigenvalue weighted by Crippen LogP contribution is 2.29. The van der Waals surface area contributed by atoms with Crippen molar-refractivity contribution < 1.29 is 17.6 Å². The number of halogens is 2. The molecule has 5 nitrogen and oxygen atoms in total. The number of carbonyl (C=O) groups is 1. The maximum Gasteiger partial charge on any atom is 0.225 e. The quantitative estimate of drug-likeness (QED) is 0.791. The molecule has 1 aromatic rings. The number of hydrogen-bond acceptors (Lipinski definition) is 3. The molecule has 1 amide bonds. The second-order valence-corrected chi connectivity index (χ2v) is 9.75. The van der Waals surface area contributed by atoms with Gasteiger partial charge < -0.3 is 5.32 Å². The molecule has 1 aliphatic heterocycles. The molecule has 1 aromatic carbocycles. The Balaban J connectivity index is 2.11. The molecule has 1 N–H and O–H groups in total. The van der Waals surface area contributed by atoms with Gasteiger partial charge in [0.2, 0.25) is 15.9 Å². The third-order valence-corrected chi connectivity index (χ3v) is 7.01. The van der Waals surface area contributed by atoms with E-state index in [1.807, 2.05) is 6.92 Å². The van der Waals surface area contributed by atoms with E-state index in [2.05, 4.69) is 5.32 Å². The molecule has 8 heteroatoms. The number of rotatable bonds is 6. The van der Waals surface area contributed by atoms with Crippen LogP contribution in [0.2, 0.25) is 5.02 Å². The monoisotopic (exact) mass is 404 g/mol. The third-order valence-electron chi connectivity index (χ3n) is 4.65. The summed E-state index contributed by atoms with van der Waals surface area (Å²) in [6.07, 6.45) is 1.84. The fourth-order valence-corrected chi connectivity index (χ4v) is 5.26. The lowest BCUT2D eigenvalue weighted by Gasteiger charge is -2.34. The van der Waals surface area contributed by atoms with E-state index in [9.17, 15) is 17.6 Å². The fourth-order valence-electron chi connectivity index (χ4n) is 3.27. The first-order valence-electron chi connectivity index (χ1n) is 8.82. The van der Waals surface area contributed by atoms with E-state index in [0.29, 0.717) is 31.4 Å². The Hall–Kier alpha value is -1.18. The zero-order valence-corrected chi connectivity index (χ0v) is 17.0. The van der Waals surface area contributed by atoms with Crippen molar-refractivity contribution in [3.63, 3.8) is 0 Å². The molecule has 1 saturated heterocycles. The first-order chi connectivity index (χ1) is 12.1. The van der Waals surface area contributed by atoms with Gasteiger partial charge in [0.05, 0.1) is 17.2 Å². The average molecular weight is 405 g/mol. The smallest absolute Gasteiger partial charge is 0.225 e. The van der Waals surface area contributed by atoms with E-state index in [0.717, 1.165) is 0 Å². The van der Waals surface area contributed by atoms with Crippen LogP contribution in [0.5, 0.6) is 0 Å². The summed E-state index contributed by atoms with van der Waals surface area (Å²) in [5.74, 6) is -0.969. The molecule has 0 aliphatic carbocycles. The highest BCUT2D eigenvalue weighted by Gasteiger charge is 2.34. The highest BCUT2D eigenvalue weighted by atomic mass is 35.5. The fraction of sp³-hybridized carbons (Fsp3) is 0.611. The zero-order chi connectivity index (χ0) is 19.5. The molecule has 146 valence electrons. The standard InChI is InChI=1S/C18H26ClFN2O3S/c1-4-10-26(24,25)22-9-5-6-13(12-22)17(23)21-18(2,3)15-8-7-14(20)11-16(15)19/h7-8,11,13H,4-6,9-10,12H2,1-3H3,(H,21,23). The summed E-state index contributed by atoms with van der Waals surface area (Å²) in [5, 5.41) is 3.18. The molecule has 0 spiro atoms. The maximum atomic E-state index is 13.3. The molecule has 1 fully saturated rings. The number of piperidine rings is 1. The average Bonchev–Trinajstić information content (AvgIpc) is 2.54. The van der Waals surface area contributed by atoms with E-state index in [1.165, 1.54) is 16.4 Å². The Kier molecular flexibility index (Phi) is 6.69. The molecule has 26 heavy (non-hydrogen) atoms.